The molecule has 32 heavy (non-hydrogen) atoms. The van der Waals surface area contributed by atoms with E-state index in [0.29, 0.717) is 24.5 Å². The third-order valence-electron chi connectivity index (χ3n) is 5.03. The second kappa shape index (κ2) is 11.1. The van der Waals surface area contributed by atoms with Gasteiger partial charge in [-0.1, -0.05) is 12.1 Å². The molecule has 0 atom stereocenters. The average molecular weight is 437 g/mol. The zero-order chi connectivity index (χ0) is 22.9. The van der Waals surface area contributed by atoms with Crippen molar-refractivity contribution in [2.75, 3.05) is 57.2 Å². The Balaban J connectivity index is 1.48. The van der Waals surface area contributed by atoms with E-state index in [-0.39, 0.29) is 18.4 Å². The molecule has 8 heteroatoms. The number of nitrogens with zero attached hydrogens (tertiary/aromatic N) is 2. The molecule has 1 aliphatic rings. The van der Waals surface area contributed by atoms with Gasteiger partial charge in [-0.2, -0.15) is 0 Å². The molecule has 1 heterocycles. The summed E-state index contributed by atoms with van der Waals surface area (Å²) in [5, 5.41) is 2.81. The van der Waals surface area contributed by atoms with Crippen molar-refractivity contribution in [3.63, 3.8) is 0 Å². The first kappa shape index (κ1) is 23.0. The Morgan fingerprint density at radius 1 is 1.06 bits per heavy atom. The lowest BCUT2D eigenvalue weighted by Gasteiger charge is -2.28. The van der Waals surface area contributed by atoms with Crippen LogP contribution in [0.15, 0.2) is 54.6 Å². The first-order valence-electron chi connectivity index (χ1n) is 10.3. The summed E-state index contributed by atoms with van der Waals surface area (Å²) < 4.78 is 10.0. The number of rotatable bonds is 7. The number of amides is 2. The van der Waals surface area contributed by atoms with E-state index >= 15 is 0 Å². The SMILES string of the molecule is COC(=O)c1ccc(/C=C/C(=O)N(C)CC(=O)Nc2ccc(N3CCOCC3)cc2)cc1. The maximum Gasteiger partial charge on any atom is 0.337 e. The number of methoxy groups -OCH3 is 1. The smallest absolute Gasteiger partial charge is 0.337 e. The minimum atomic E-state index is -0.418. The molecule has 8 nitrogen and oxygen atoms in total. The van der Waals surface area contributed by atoms with Crippen molar-refractivity contribution in [2.45, 2.75) is 0 Å². The highest BCUT2D eigenvalue weighted by Crippen LogP contribution is 2.19. The van der Waals surface area contributed by atoms with Crippen molar-refractivity contribution in [1.82, 2.24) is 4.90 Å². The van der Waals surface area contributed by atoms with Crippen molar-refractivity contribution in [1.29, 1.82) is 0 Å². The van der Waals surface area contributed by atoms with Gasteiger partial charge in [-0.3, -0.25) is 9.59 Å². The van der Waals surface area contributed by atoms with Gasteiger partial charge in [0.15, 0.2) is 0 Å². The van der Waals surface area contributed by atoms with Crippen LogP contribution < -0.4 is 10.2 Å². The number of carbonyl (C=O) groups is 3. The Morgan fingerprint density at radius 2 is 1.72 bits per heavy atom. The highest BCUT2D eigenvalue weighted by molar-refractivity contribution is 5.98. The van der Waals surface area contributed by atoms with E-state index in [9.17, 15) is 14.4 Å². The van der Waals surface area contributed by atoms with E-state index in [4.69, 9.17) is 4.74 Å². The van der Waals surface area contributed by atoms with Crippen LogP contribution in [0.4, 0.5) is 11.4 Å². The summed E-state index contributed by atoms with van der Waals surface area (Å²) in [4.78, 5) is 39.7. The van der Waals surface area contributed by atoms with Gasteiger partial charge in [0, 0.05) is 37.6 Å². The third kappa shape index (κ3) is 6.42. The number of likely N-dealkylation sites (N-methyl/N-ethyl adjacent to an activating group) is 1. The number of nitrogens with one attached hydrogen (secondary N) is 1. The largest absolute Gasteiger partial charge is 0.465 e. The molecular formula is C24H27N3O5. The molecule has 1 fully saturated rings. The van der Waals surface area contributed by atoms with Crippen LogP contribution in [0.2, 0.25) is 0 Å². The molecule has 3 rings (SSSR count). The van der Waals surface area contributed by atoms with E-state index in [1.807, 2.05) is 24.3 Å². The fourth-order valence-electron chi connectivity index (χ4n) is 3.21. The number of anilines is 2. The van der Waals surface area contributed by atoms with Crippen LogP contribution in [0.25, 0.3) is 6.08 Å². The lowest BCUT2D eigenvalue weighted by atomic mass is 10.1. The summed E-state index contributed by atoms with van der Waals surface area (Å²) in [6.45, 7) is 3.05. The molecule has 2 amide bonds. The second-order valence-electron chi connectivity index (χ2n) is 7.34. The van der Waals surface area contributed by atoms with Crippen LogP contribution in [0.1, 0.15) is 15.9 Å². The van der Waals surface area contributed by atoms with E-state index < -0.39 is 5.97 Å². The van der Waals surface area contributed by atoms with Crippen molar-refractivity contribution < 1.29 is 23.9 Å². The average Bonchev–Trinajstić information content (AvgIpc) is 2.83. The van der Waals surface area contributed by atoms with E-state index in [0.717, 1.165) is 24.3 Å². The first-order chi connectivity index (χ1) is 15.5. The molecule has 0 radical (unpaired) electrons. The quantitative estimate of drug-likeness (QED) is 0.529. The van der Waals surface area contributed by atoms with Gasteiger partial charge >= 0.3 is 5.97 Å². The molecule has 0 aliphatic carbocycles. The van der Waals surface area contributed by atoms with Crippen molar-refractivity contribution >= 4 is 35.2 Å². The van der Waals surface area contributed by atoms with Crippen molar-refractivity contribution in [3.8, 4) is 0 Å². The Bertz CT molecular complexity index is 964. The molecule has 0 unspecified atom stereocenters. The number of carbonyl (C=O) groups excluding carboxylic acids is 3. The molecule has 2 aromatic rings. The standard InChI is InChI=1S/C24H27N3O5/c1-26(23(29)12-5-18-3-6-19(7-4-18)24(30)31-2)17-22(28)25-20-8-10-21(11-9-20)27-13-15-32-16-14-27/h3-12H,13-17H2,1-2H3,(H,25,28)/b12-5+. The van der Waals surface area contributed by atoms with Gasteiger partial charge in [0.2, 0.25) is 11.8 Å². The minimum absolute atomic E-state index is 0.0737. The predicted molar refractivity (Wildman–Crippen MR) is 123 cm³/mol. The topological polar surface area (TPSA) is 88.2 Å². The molecule has 1 N–H and O–H groups in total. The number of hydrogen-bond acceptors (Lipinski definition) is 6. The van der Waals surface area contributed by atoms with Crippen molar-refractivity contribution in [2.24, 2.45) is 0 Å². The summed E-state index contributed by atoms with van der Waals surface area (Å²) in [7, 11) is 2.88. The van der Waals surface area contributed by atoms with E-state index in [1.54, 1.807) is 37.4 Å². The van der Waals surface area contributed by atoms with Gasteiger partial charge in [0.25, 0.3) is 0 Å². The molecule has 2 aromatic carbocycles. The molecule has 0 saturated carbocycles. The molecule has 0 bridgehead atoms. The van der Waals surface area contributed by atoms with E-state index in [2.05, 4.69) is 15.0 Å². The summed E-state index contributed by atoms with van der Waals surface area (Å²) in [5.41, 5.74) is 2.95. The fourth-order valence-corrected chi connectivity index (χ4v) is 3.21. The predicted octanol–water partition coefficient (Wildman–Crippen LogP) is 2.42. The normalized spacial score (nSPS) is 13.6. The van der Waals surface area contributed by atoms with Crippen LogP contribution in [-0.4, -0.2) is 69.7 Å². The molecule has 168 valence electrons. The number of ether oxygens (including phenoxy) is 2. The van der Waals surface area contributed by atoms with Crippen LogP contribution in [0, 0.1) is 0 Å². The number of esters is 1. The van der Waals surface area contributed by atoms with Gasteiger partial charge in [-0.05, 0) is 48.0 Å². The maximum atomic E-state index is 12.3. The zero-order valence-electron chi connectivity index (χ0n) is 18.2. The summed E-state index contributed by atoms with van der Waals surface area (Å²) in [5.74, 6) is -1.01. The number of morpholine rings is 1. The molecular weight excluding hydrogens is 410 g/mol. The Hall–Kier alpha value is -3.65. The monoisotopic (exact) mass is 437 g/mol. The summed E-state index contributed by atoms with van der Waals surface area (Å²) in [6, 6.07) is 14.3. The van der Waals surface area contributed by atoms with Gasteiger partial charge in [0.05, 0.1) is 32.4 Å². The highest BCUT2D eigenvalue weighted by Gasteiger charge is 2.13. The van der Waals surface area contributed by atoms with Crippen LogP contribution in [-0.2, 0) is 19.1 Å². The Kier molecular flexibility index (Phi) is 7.99. The van der Waals surface area contributed by atoms with Gasteiger partial charge in [-0.15, -0.1) is 0 Å². The highest BCUT2D eigenvalue weighted by atomic mass is 16.5. The van der Waals surface area contributed by atoms with Crippen molar-refractivity contribution in [3.05, 3.63) is 65.7 Å². The Morgan fingerprint density at radius 3 is 2.34 bits per heavy atom. The minimum Gasteiger partial charge on any atom is -0.465 e. The third-order valence-corrected chi connectivity index (χ3v) is 5.03. The van der Waals surface area contributed by atoms with Gasteiger partial charge < -0.3 is 24.6 Å². The fraction of sp³-hybridized carbons (Fsp3) is 0.292. The molecule has 1 aliphatic heterocycles. The van der Waals surface area contributed by atoms with Crippen LogP contribution in [0.3, 0.4) is 0 Å². The second-order valence-corrected chi connectivity index (χ2v) is 7.34. The number of benzene rings is 2. The zero-order valence-corrected chi connectivity index (χ0v) is 18.2. The molecule has 1 saturated heterocycles. The molecule has 0 spiro atoms. The summed E-state index contributed by atoms with van der Waals surface area (Å²) >= 11 is 0. The van der Waals surface area contributed by atoms with Gasteiger partial charge in [0.1, 0.15) is 0 Å². The molecule has 0 aromatic heterocycles. The number of hydrogen-bond donors (Lipinski definition) is 1. The summed E-state index contributed by atoms with van der Waals surface area (Å²) in [6.07, 6.45) is 3.01. The lowest BCUT2D eigenvalue weighted by Crippen LogP contribution is -2.36. The van der Waals surface area contributed by atoms with E-state index in [1.165, 1.54) is 18.1 Å². The maximum absolute atomic E-state index is 12.3. The van der Waals surface area contributed by atoms with Crippen LogP contribution in [0.5, 0.6) is 0 Å². The van der Waals surface area contributed by atoms with Gasteiger partial charge in [-0.25, -0.2) is 4.79 Å². The Labute approximate surface area is 187 Å². The van der Waals surface area contributed by atoms with Crippen LogP contribution >= 0.6 is 0 Å². The first-order valence-corrected chi connectivity index (χ1v) is 10.3. The lowest BCUT2D eigenvalue weighted by molar-refractivity contribution is -0.129.